The molecular weight excluding hydrogens is 438 g/mol. The number of hydrogen-bond acceptors (Lipinski definition) is 7. The van der Waals surface area contributed by atoms with Crippen molar-refractivity contribution in [2.24, 2.45) is 0 Å². The van der Waals surface area contributed by atoms with E-state index in [1.807, 2.05) is 50.2 Å². The monoisotopic (exact) mass is 463 g/mol. The van der Waals surface area contributed by atoms with E-state index in [0.717, 1.165) is 26.6 Å². The van der Waals surface area contributed by atoms with Crippen LogP contribution < -0.4 is 20.1 Å². The molecule has 0 aliphatic carbocycles. The molecule has 4 rings (SSSR count). The van der Waals surface area contributed by atoms with Crippen molar-refractivity contribution in [1.29, 1.82) is 0 Å². The minimum absolute atomic E-state index is 0.248. The van der Waals surface area contributed by atoms with Crippen molar-refractivity contribution in [1.82, 2.24) is 4.98 Å². The van der Waals surface area contributed by atoms with Crippen LogP contribution in [0.25, 0.3) is 0 Å². The van der Waals surface area contributed by atoms with E-state index in [1.54, 1.807) is 32.5 Å². The van der Waals surface area contributed by atoms with Crippen molar-refractivity contribution in [3.63, 3.8) is 0 Å². The number of benzene rings is 1. The van der Waals surface area contributed by atoms with Crippen LogP contribution in [-0.4, -0.2) is 25.1 Å². The molecule has 7 nitrogen and oxygen atoms in total. The Hall–Kier alpha value is -3.78. The fourth-order valence-electron chi connectivity index (χ4n) is 3.62. The highest BCUT2D eigenvalue weighted by Crippen LogP contribution is 2.44. The van der Waals surface area contributed by atoms with Crippen LogP contribution in [0.15, 0.2) is 65.4 Å². The van der Waals surface area contributed by atoms with Gasteiger partial charge in [-0.15, -0.1) is 11.3 Å². The number of hydrogen-bond donors (Lipinski definition) is 2. The number of furan rings is 1. The van der Waals surface area contributed by atoms with Gasteiger partial charge in [-0.3, -0.25) is 4.79 Å². The highest BCUT2D eigenvalue weighted by Gasteiger charge is 2.28. The molecular formula is C25H25N3O4S. The molecule has 3 heterocycles. The summed E-state index contributed by atoms with van der Waals surface area (Å²) in [6, 6.07) is 14.3. The van der Waals surface area contributed by atoms with Crippen LogP contribution in [0, 0.1) is 13.8 Å². The summed E-state index contributed by atoms with van der Waals surface area (Å²) in [6.07, 6.45) is 3.21. The second-order valence-electron chi connectivity index (χ2n) is 7.36. The minimum Gasteiger partial charge on any atom is -0.497 e. The number of anilines is 2. The Labute approximate surface area is 196 Å². The van der Waals surface area contributed by atoms with E-state index in [0.29, 0.717) is 17.3 Å². The van der Waals surface area contributed by atoms with Gasteiger partial charge in [-0.25, -0.2) is 4.98 Å². The maximum atomic E-state index is 12.8. The Bertz CT molecular complexity index is 1240. The molecule has 0 aliphatic rings. The Kier molecular flexibility index (Phi) is 6.65. The third-order valence-electron chi connectivity index (χ3n) is 5.40. The summed E-state index contributed by atoms with van der Waals surface area (Å²) >= 11 is 1.52. The smallest absolute Gasteiger partial charge is 0.291 e. The van der Waals surface area contributed by atoms with Gasteiger partial charge in [0, 0.05) is 22.2 Å². The Morgan fingerprint density at radius 2 is 1.94 bits per heavy atom. The number of amides is 1. The van der Waals surface area contributed by atoms with Crippen LogP contribution in [0.2, 0.25) is 0 Å². The van der Waals surface area contributed by atoms with Crippen LogP contribution in [0.5, 0.6) is 11.5 Å². The van der Waals surface area contributed by atoms with Gasteiger partial charge >= 0.3 is 0 Å². The molecule has 2 N–H and O–H groups in total. The molecule has 170 valence electrons. The standard InChI is InChI=1S/C25H25N3O4S/c1-15-16(2)33-25(28-24(29)20-8-7-13-32-20)22(15)23(27-21-9-5-6-12-26-21)18-14-17(30-3)10-11-19(18)31-4/h5-14,23H,1-4H3,(H,26,27)(H,28,29)/t23-/m0/s1. The van der Waals surface area contributed by atoms with E-state index >= 15 is 0 Å². The van der Waals surface area contributed by atoms with Gasteiger partial charge in [0.05, 0.1) is 26.5 Å². The third-order valence-corrected chi connectivity index (χ3v) is 6.54. The summed E-state index contributed by atoms with van der Waals surface area (Å²) in [4.78, 5) is 18.4. The fraction of sp³-hybridized carbons (Fsp3) is 0.200. The van der Waals surface area contributed by atoms with Crippen LogP contribution in [0.1, 0.15) is 38.2 Å². The maximum absolute atomic E-state index is 12.8. The number of carbonyl (C=O) groups is 1. The highest BCUT2D eigenvalue weighted by atomic mass is 32.1. The molecule has 0 fully saturated rings. The topological polar surface area (TPSA) is 85.6 Å². The van der Waals surface area contributed by atoms with E-state index < -0.39 is 0 Å². The Morgan fingerprint density at radius 3 is 2.61 bits per heavy atom. The van der Waals surface area contributed by atoms with Crippen LogP contribution in [0.4, 0.5) is 10.8 Å². The quantitative estimate of drug-likeness (QED) is 0.342. The summed E-state index contributed by atoms with van der Waals surface area (Å²) in [5, 5.41) is 7.28. The van der Waals surface area contributed by atoms with E-state index in [9.17, 15) is 4.79 Å². The first-order valence-electron chi connectivity index (χ1n) is 10.4. The first kappa shape index (κ1) is 22.4. The summed E-state index contributed by atoms with van der Waals surface area (Å²) in [7, 11) is 3.26. The molecule has 1 atom stereocenters. The zero-order valence-corrected chi connectivity index (χ0v) is 19.7. The van der Waals surface area contributed by atoms with Gasteiger partial charge in [0.2, 0.25) is 0 Å². The van der Waals surface area contributed by atoms with E-state index in [4.69, 9.17) is 13.9 Å². The van der Waals surface area contributed by atoms with Gasteiger partial charge in [-0.05, 0) is 61.9 Å². The first-order chi connectivity index (χ1) is 16.0. The second-order valence-corrected chi connectivity index (χ2v) is 8.58. The predicted molar refractivity (Wildman–Crippen MR) is 130 cm³/mol. The zero-order chi connectivity index (χ0) is 23.4. The SMILES string of the molecule is COc1ccc(OC)c([C@H](Nc2ccccn2)c2c(NC(=O)c3ccco3)sc(C)c2C)c1. The maximum Gasteiger partial charge on any atom is 0.291 e. The van der Waals surface area contributed by atoms with Crippen molar-refractivity contribution in [3.8, 4) is 11.5 Å². The van der Waals surface area contributed by atoms with Gasteiger partial charge in [0.1, 0.15) is 22.3 Å². The van der Waals surface area contributed by atoms with E-state index in [1.165, 1.54) is 17.6 Å². The number of carbonyl (C=O) groups excluding carboxylic acids is 1. The van der Waals surface area contributed by atoms with Crippen molar-refractivity contribution in [2.45, 2.75) is 19.9 Å². The van der Waals surface area contributed by atoms with Gasteiger partial charge in [-0.1, -0.05) is 6.07 Å². The second kappa shape index (κ2) is 9.79. The van der Waals surface area contributed by atoms with Gasteiger partial charge in [0.25, 0.3) is 5.91 Å². The van der Waals surface area contributed by atoms with Crippen LogP contribution in [-0.2, 0) is 0 Å². The number of ether oxygens (including phenoxy) is 2. The Balaban J connectivity index is 1.85. The van der Waals surface area contributed by atoms with Crippen LogP contribution >= 0.6 is 11.3 Å². The fourth-order valence-corrected chi connectivity index (χ4v) is 4.72. The highest BCUT2D eigenvalue weighted by molar-refractivity contribution is 7.16. The Morgan fingerprint density at radius 1 is 1.09 bits per heavy atom. The van der Waals surface area contributed by atoms with Crippen molar-refractivity contribution in [3.05, 3.63) is 88.3 Å². The molecule has 33 heavy (non-hydrogen) atoms. The summed E-state index contributed by atoms with van der Waals surface area (Å²) in [5.41, 5.74) is 2.85. The lowest BCUT2D eigenvalue weighted by Crippen LogP contribution is -2.18. The molecule has 0 saturated heterocycles. The largest absolute Gasteiger partial charge is 0.497 e. The molecule has 0 aliphatic heterocycles. The minimum atomic E-state index is -0.373. The third kappa shape index (κ3) is 4.70. The van der Waals surface area contributed by atoms with Crippen molar-refractivity contribution >= 4 is 28.1 Å². The molecule has 1 amide bonds. The molecule has 8 heteroatoms. The molecule has 0 unspecified atom stereocenters. The lowest BCUT2D eigenvalue weighted by atomic mass is 9.95. The average Bonchev–Trinajstić information content (AvgIpc) is 3.47. The number of aromatic nitrogens is 1. The lowest BCUT2D eigenvalue weighted by molar-refractivity contribution is 0.0997. The first-order valence-corrected chi connectivity index (χ1v) is 11.2. The molecule has 4 aromatic rings. The number of rotatable bonds is 8. The zero-order valence-electron chi connectivity index (χ0n) is 18.8. The molecule has 0 spiro atoms. The number of nitrogens with one attached hydrogen (secondary N) is 2. The van der Waals surface area contributed by atoms with Gasteiger partial charge < -0.3 is 24.5 Å². The number of pyridine rings is 1. The average molecular weight is 464 g/mol. The number of nitrogens with zero attached hydrogens (tertiary/aromatic N) is 1. The lowest BCUT2D eigenvalue weighted by Gasteiger charge is -2.24. The molecule has 0 bridgehead atoms. The molecule has 0 radical (unpaired) electrons. The number of methoxy groups -OCH3 is 2. The normalized spacial score (nSPS) is 11.6. The van der Waals surface area contributed by atoms with Crippen molar-refractivity contribution < 1.29 is 18.7 Å². The van der Waals surface area contributed by atoms with E-state index in [2.05, 4.69) is 15.6 Å². The van der Waals surface area contributed by atoms with Crippen LogP contribution in [0.3, 0.4) is 0 Å². The summed E-state index contributed by atoms with van der Waals surface area (Å²) < 4.78 is 16.5. The molecule has 0 saturated carbocycles. The van der Waals surface area contributed by atoms with Gasteiger partial charge in [0.15, 0.2) is 5.76 Å². The molecule has 3 aromatic heterocycles. The molecule has 1 aromatic carbocycles. The predicted octanol–water partition coefficient (Wildman–Crippen LogP) is 5.82. The number of aryl methyl sites for hydroxylation is 1. The van der Waals surface area contributed by atoms with E-state index in [-0.39, 0.29) is 17.7 Å². The summed E-state index contributed by atoms with van der Waals surface area (Å²) in [5.74, 6) is 2.02. The van der Waals surface area contributed by atoms with Crippen molar-refractivity contribution in [2.75, 3.05) is 24.9 Å². The summed E-state index contributed by atoms with van der Waals surface area (Å²) in [6.45, 7) is 4.08. The number of thiophene rings is 1. The van der Waals surface area contributed by atoms with Gasteiger partial charge in [-0.2, -0.15) is 0 Å².